The first-order valence-electron chi connectivity index (χ1n) is 8.20. The van der Waals surface area contributed by atoms with E-state index >= 15 is 0 Å². The Morgan fingerprint density at radius 2 is 2.05 bits per heavy atom. The summed E-state index contributed by atoms with van der Waals surface area (Å²) in [5.41, 5.74) is 2.64. The molecule has 1 aromatic carbocycles. The van der Waals surface area contributed by atoms with E-state index in [1.165, 1.54) is 18.2 Å². The fourth-order valence-corrected chi connectivity index (χ4v) is 2.96. The molecule has 3 heteroatoms. The normalized spacial score (nSPS) is 20.6. The summed E-state index contributed by atoms with van der Waals surface area (Å²) < 4.78 is 10.6. The maximum Gasteiger partial charge on any atom is 0.308 e. The minimum absolute atomic E-state index is 0.0490. The lowest BCUT2D eigenvalue weighted by molar-refractivity contribution is -0.142. The zero-order valence-electron chi connectivity index (χ0n) is 14.4. The summed E-state index contributed by atoms with van der Waals surface area (Å²) in [7, 11) is 1.47. The number of rotatable bonds is 6. The number of carbonyl (C=O) groups excluding carboxylic acids is 1. The third kappa shape index (κ3) is 4.02. The fraction of sp³-hybridized carbons (Fsp3) is 0.632. The van der Waals surface area contributed by atoms with Gasteiger partial charge in [-0.05, 0) is 54.7 Å². The van der Waals surface area contributed by atoms with E-state index in [1.54, 1.807) is 0 Å². The van der Waals surface area contributed by atoms with Crippen molar-refractivity contribution in [2.24, 2.45) is 11.8 Å². The second kappa shape index (κ2) is 6.72. The standard InChI is InChI=1S/C19H28O3/c1-6-22-17-10-8-13(11-16(17)19(2,3)4)7-9-14-12-15(14)18(20)21-5/h8,10-11,14-15H,6-7,9,12H2,1-5H3. The SMILES string of the molecule is CCOc1ccc(CCC2CC2C(=O)OC)cc1C(C)(C)C. The molecule has 0 N–H and O–H groups in total. The van der Waals surface area contributed by atoms with Crippen LogP contribution in [0.2, 0.25) is 0 Å². The first kappa shape index (κ1) is 16.9. The molecular formula is C19H28O3. The van der Waals surface area contributed by atoms with Crippen molar-refractivity contribution in [3.63, 3.8) is 0 Å². The Labute approximate surface area is 134 Å². The van der Waals surface area contributed by atoms with Gasteiger partial charge in [-0.3, -0.25) is 4.79 Å². The number of ether oxygens (including phenoxy) is 2. The van der Waals surface area contributed by atoms with Crippen LogP contribution in [0.4, 0.5) is 0 Å². The van der Waals surface area contributed by atoms with Gasteiger partial charge >= 0.3 is 5.97 Å². The molecule has 2 atom stereocenters. The monoisotopic (exact) mass is 304 g/mol. The van der Waals surface area contributed by atoms with E-state index in [2.05, 4.69) is 39.0 Å². The maximum atomic E-state index is 11.5. The number of benzene rings is 1. The van der Waals surface area contributed by atoms with Gasteiger partial charge in [-0.25, -0.2) is 0 Å². The van der Waals surface area contributed by atoms with Crippen LogP contribution >= 0.6 is 0 Å². The van der Waals surface area contributed by atoms with Crippen LogP contribution in [0.1, 0.15) is 51.7 Å². The average molecular weight is 304 g/mol. The minimum atomic E-state index is -0.0490. The Kier molecular flexibility index (Phi) is 5.15. The summed E-state index contributed by atoms with van der Waals surface area (Å²) in [4.78, 5) is 11.5. The average Bonchev–Trinajstić information content (AvgIpc) is 3.24. The molecule has 1 saturated carbocycles. The molecule has 0 amide bonds. The molecule has 0 bridgehead atoms. The van der Waals surface area contributed by atoms with E-state index in [-0.39, 0.29) is 17.3 Å². The smallest absolute Gasteiger partial charge is 0.308 e. The van der Waals surface area contributed by atoms with E-state index in [4.69, 9.17) is 9.47 Å². The minimum Gasteiger partial charge on any atom is -0.494 e. The van der Waals surface area contributed by atoms with Gasteiger partial charge < -0.3 is 9.47 Å². The van der Waals surface area contributed by atoms with Crippen LogP contribution in [0, 0.1) is 11.8 Å². The van der Waals surface area contributed by atoms with Crippen molar-refractivity contribution in [1.29, 1.82) is 0 Å². The highest BCUT2D eigenvalue weighted by molar-refractivity contribution is 5.75. The number of aryl methyl sites for hydroxylation is 1. The van der Waals surface area contributed by atoms with Crippen molar-refractivity contribution in [3.05, 3.63) is 29.3 Å². The lowest BCUT2D eigenvalue weighted by Gasteiger charge is -2.23. The second-order valence-corrected chi connectivity index (χ2v) is 7.18. The van der Waals surface area contributed by atoms with Gasteiger partial charge in [0.2, 0.25) is 0 Å². The van der Waals surface area contributed by atoms with Crippen molar-refractivity contribution in [2.45, 2.75) is 52.4 Å². The molecule has 1 aliphatic rings. The van der Waals surface area contributed by atoms with Gasteiger partial charge in [0.25, 0.3) is 0 Å². The van der Waals surface area contributed by atoms with Crippen LogP contribution in [0.5, 0.6) is 5.75 Å². The molecule has 3 nitrogen and oxygen atoms in total. The lowest BCUT2D eigenvalue weighted by atomic mass is 9.85. The molecule has 1 aliphatic carbocycles. The predicted octanol–water partition coefficient (Wildman–Crippen LogP) is 4.12. The van der Waals surface area contributed by atoms with Crippen LogP contribution in [0.25, 0.3) is 0 Å². The topological polar surface area (TPSA) is 35.5 Å². The number of methoxy groups -OCH3 is 1. The van der Waals surface area contributed by atoms with E-state index in [0.717, 1.165) is 25.0 Å². The summed E-state index contributed by atoms with van der Waals surface area (Å²) in [5, 5.41) is 0. The second-order valence-electron chi connectivity index (χ2n) is 7.18. The molecule has 2 rings (SSSR count). The molecule has 0 saturated heterocycles. The van der Waals surface area contributed by atoms with Gasteiger partial charge in [-0.2, -0.15) is 0 Å². The van der Waals surface area contributed by atoms with Gasteiger partial charge in [0.15, 0.2) is 0 Å². The van der Waals surface area contributed by atoms with Crippen LogP contribution in [-0.2, 0) is 21.4 Å². The highest BCUT2D eigenvalue weighted by Crippen LogP contribution is 2.43. The van der Waals surface area contributed by atoms with Gasteiger partial charge in [0.05, 0.1) is 19.6 Å². The Balaban J connectivity index is 2.02. The molecule has 1 aromatic rings. The van der Waals surface area contributed by atoms with E-state index in [0.29, 0.717) is 12.5 Å². The summed E-state index contributed by atoms with van der Waals surface area (Å²) >= 11 is 0. The Bertz CT molecular complexity index is 528. The Morgan fingerprint density at radius 1 is 1.32 bits per heavy atom. The first-order chi connectivity index (χ1) is 10.4. The van der Waals surface area contributed by atoms with E-state index in [1.807, 2.05) is 6.92 Å². The number of hydrogen-bond donors (Lipinski definition) is 0. The van der Waals surface area contributed by atoms with Crippen LogP contribution in [-0.4, -0.2) is 19.7 Å². The van der Waals surface area contributed by atoms with E-state index in [9.17, 15) is 4.79 Å². The molecule has 0 aliphatic heterocycles. The highest BCUT2D eigenvalue weighted by Gasteiger charge is 2.43. The first-order valence-corrected chi connectivity index (χ1v) is 8.20. The molecule has 0 aromatic heterocycles. The largest absolute Gasteiger partial charge is 0.494 e. The lowest BCUT2D eigenvalue weighted by Crippen LogP contribution is -2.14. The molecule has 0 heterocycles. The fourth-order valence-electron chi connectivity index (χ4n) is 2.96. The van der Waals surface area contributed by atoms with Crippen LogP contribution in [0.15, 0.2) is 18.2 Å². The third-order valence-corrected chi connectivity index (χ3v) is 4.38. The molecule has 2 unspecified atom stereocenters. The number of esters is 1. The quantitative estimate of drug-likeness (QED) is 0.741. The molecular weight excluding hydrogens is 276 g/mol. The molecule has 0 radical (unpaired) electrons. The zero-order chi connectivity index (χ0) is 16.3. The van der Waals surface area contributed by atoms with E-state index < -0.39 is 0 Å². The van der Waals surface area contributed by atoms with Crippen molar-refractivity contribution in [3.8, 4) is 5.75 Å². The third-order valence-electron chi connectivity index (χ3n) is 4.38. The number of hydrogen-bond acceptors (Lipinski definition) is 3. The maximum absolute atomic E-state index is 11.5. The van der Waals surface area contributed by atoms with Crippen molar-refractivity contribution in [2.75, 3.05) is 13.7 Å². The summed E-state index contributed by atoms with van der Waals surface area (Å²) in [6.45, 7) is 9.33. The molecule has 1 fully saturated rings. The van der Waals surface area contributed by atoms with Crippen LogP contribution < -0.4 is 4.74 Å². The summed E-state index contributed by atoms with van der Waals surface area (Å²) in [5.74, 6) is 1.57. The molecule has 0 spiro atoms. The van der Waals surface area contributed by atoms with Gasteiger partial charge in [-0.15, -0.1) is 0 Å². The van der Waals surface area contributed by atoms with Crippen molar-refractivity contribution in [1.82, 2.24) is 0 Å². The summed E-state index contributed by atoms with van der Waals surface area (Å²) in [6, 6.07) is 6.50. The van der Waals surface area contributed by atoms with Crippen molar-refractivity contribution >= 4 is 5.97 Å². The molecule has 22 heavy (non-hydrogen) atoms. The van der Waals surface area contributed by atoms with Gasteiger partial charge in [-0.1, -0.05) is 32.9 Å². The Morgan fingerprint density at radius 3 is 2.64 bits per heavy atom. The zero-order valence-corrected chi connectivity index (χ0v) is 14.4. The van der Waals surface area contributed by atoms with Crippen LogP contribution in [0.3, 0.4) is 0 Å². The highest BCUT2D eigenvalue weighted by atomic mass is 16.5. The summed E-state index contributed by atoms with van der Waals surface area (Å²) in [6.07, 6.45) is 3.04. The van der Waals surface area contributed by atoms with Crippen molar-refractivity contribution < 1.29 is 14.3 Å². The van der Waals surface area contributed by atoms with Gasteiger partial charge in [0, 0.05) is 0 Å². The predicted molar refractivity (Wildman–Crippen MR) is 88.2 cm³/mol. The number of carbonyl (C=O) groups is 1. The molecule has 122 valence electrons. The van der Waals surface area contributed by atoms with Gasteiger partial charge in [0.1, 0.15) is 5.75 Å². The Hall–Kier alpha value is -1.51.